The van der Waals surface area contributed by atoms with E-state index in [-0.39, 0.29) is 5.82 Å². The molecule has 106 valence electrons. The molecule has 2 atom stereocenters. The fourth-order valence-electron chi connectivity index (χ4n) is 2.79. The Labute approximate surface area is 116 Å². The molecule has 0 spiro atoms. The number of hydrogen-bond acceptors (Lipinski definition) is 2. The van der Waals surface area contributed by atoms with Gasteiger partial charge >= 0.3 is 0 Å². The summed E-state index contributed by atoms with van der Waals surface area (Å²) in [6.07, 6.45) is 2.40. The fraction of sp³-hybridized carbons (Fsp3) is 0.625. The van der Waals surface area contributed by atoms with Crippen LogP contribution < -0.4 is 10.2 Å². The van der Waals surface area contributed by atoms with Crippen molar-refractivity contribution < 1.29 is 4.39 Å². The molecule has 1 aromatic carbocycles. The Bertz CT molecular complexity index is 419. The monoisotopic (exact) mass is 264 g/mol. The highest BCUT2D eigenvalue weighted by molar-refractivity contribution is 5.50. The maximum Gasteiger partial charge on any atom is 0.146 e. The summed E-state index contributed by atoms with van der Waals surface area (Å²) in [5.41, 5.74) is 1.78. The molecule has 0 amide bonds. The molecule has 0 bridgehead atoms. The molecule has 0 saturated carbocycles. The van der Waals surface area contributed by atoms with Crippen LogP contribution in [0.1, 0.15) is 39.2 Å². The molecule has 0 radical (unpaired) electrons. The molecule has 3 heteroatoms. The van der Waals surface area contributed by atoms with Crippen LogP contribution in [0.15, 0.2) is 18.2 Å². The van der Waals surface area contributed by atoms with Crippen molar-refractivity contribution in [3.8, 4) is 0 Å². The first-order chi connectivity index (χ1) is 9.11. The van der Waals surface area contributed by atoms with Gasteiger partial charge in [0.2, 0.25) is 0 Å². The summed E-state index contributed by atoms with van der Waals surface area (Å²) in [7, 11) is 0. The lowest BCUT2D eigenvalue weighted by Gasteiger charge is -2.38. The quantitative estimate of drug-likeness (QED) is 0.894. The number of rotatable bonds is 4. The zero-order valence-corrected chi connectivity index (χ0v) is 12.2. The molecule has 2 unspecified atom stereocenters. The second-order valence-corrected chi connectivity index (χ2v) is 5.75. The molecule has 1 aromatic rings. The molecule has 19 heavy (non-hydrogen) atoms. The van der Waals surface area contributed by atoms with Gasteiger partial charge in [0.15, 0.2) is 0 Å². The number of anilines is 1. The molecule has 0 aromatic heterocycles. The first-order valence-electron chi connectivity index (χ1n) is 7.37. The zero-order chi connectivity index (χ0) is 13.8. The largest absolute Gasteiger partial charge is 0.366 e. The summed E-state index contributed by atoms with van der Waals surface area (Å²) < 4.78 is 14.3. The Morgan fingerprint density at radius 2 is 2.11 bits per heavy atom. The second kappa shape index (κ2) is 6.38. The summed E-state index contributed by atoms with van der Waals surface area (Å²) in [5, 5.41) is 3.23. The van der Waals surface area contributed by atoms with E-state index >= 15 is 0 Å². The van der Waals surface area contributed by atoms with E-state index < -0.39 is 0 Å². The Hall–Kier alpha value is -1.09. The first-order valence-corrected chi connectivity index (χ1v) is 7.37. The van der Waals surface area contributed by atoms with Gasteiger partial charge in [0.05, 0.1) is 5.69 Å². The van der Waals surface area contributed by atoms with Gasteiger partial charge in [0.1, 0.15) is 5.82 Å². The average Bonchev–Trinajstić information content (AvgIpc) is 2.40. The third kappa shape index (κ3) is 3.47. The van der Waals surface area contributed by atoms with Crippen molar-refractivity contribution in [3.05, 3.63) is 29.6 Å². The highest BCUT2D eigenvalue weighted by atomic mass is 19.1. The molecule has 2 rings (SSSR count). The maximum absolute atomic E-state index is 14.3. The predicted molar refractivity (Wildman–Crippen MR) is 79.0 cm³/mol. The van der Waals surface area contributed by atoms with E-state index in [0.29, 0.717) is 12.0 Å². The van der Waals surface area contributed by atoms with Crippen LogP contribution in [-0.4, -0.2) is 19.1 Å². The van der Waals surface area contributed by atoms with Crippen molar-refractivity contribution in [1.29, 1.82) is 0 Å². The lowest BCUT2D eigenvalue weighted by molar-refractivity contribution is 0.386. The number of nitrogens with zero attached hydrogens (tertiary/aromatic N) is 1. The molecule has 1 N–H and O–H groups in total. The van der Waals surface area contributed by atoms with Crippen molar-refractivity contribution in [3.63, 3.8) is 0 Å². The summed E-state index contributed by atoms with van der Waals surface area (Å²) >= 11 is 0. The van der Waals surface area contributed by atoms with Crippen LogP contribution in [0.4, 0.5) is 10.1 Å². The van der Waals surface area contributed by atoms with Gasteiger partial charge in [-0.15, -0.1) is 0 Å². The van der Waals surface area contributed by atoms with Crippen LogP contribution in [0.3, 0.4) is 0 Å². The van der Waals surface area contributed by atoms with Crippen LogP contribution in [0.25, 0.3) is 0 Å². The zero-order valence-electron chi connectivity index (χ0n) is 12.2. The van der Waals surface area contributed by atoms with Crippen LogP contribution in [0.5, 0.6) is 0 Å². The van der Waals surface area contributed by atoms with Gasteiger partial charge in [-0.2, -0.15) is 0 Å². The second-order valence-electron chi connectivity index (χ2n) is 5.75. The van der Waals surface area contributed by atoms with E-state index in [2.05, 4.69) is 31.0 Å². The normalized spacial score (nSPS) is 23.7. The van der Waals surface area contributed by atoms with Crippen LogP contribution >= 0.6 is 0 Å². The molecule has 1 aliphatic rings. The minimum Gasteiger partial charge on any atom is -0.366 e. The average molecular weight is 264 g/mol. The van der Waals surface area contributed by atoms with Gasteiger partial charge in [-0.05, 0) is 49.9 Å². The number of piperidine rings is 1. The Morgan fingerprint density at radius 3 is 2.79 bits per heavy atom. The van der Waals surface area contributed by atoms with Gasteiger partial charge < -0.3 is 10.2 Å². The fourth-order valence-corrected chi connectivity index (χ4v) is 2.79. The van der Waals surface area contributed by atoms with E-state index in [4.69, 9.17) is 0 Å². The minimum absolute atomic E-state index is 0.0867. The molecular weight excluding hydrogens is 239 g/mol. The number of benzene rings is 1. The number of hydrogen-bond donors (Lipinski definition) is 1. The third-order valence-corrected chi connectivity index (χ3v) is 4.02. The standard InChI is InChI=1S/C16H25FN2/c1-4-18-10-14-7-8-16(15(17)9-14)19-11-12(2)5-6-13(19)3/h7-9,12-13,18H,4-6,10-11H2,1-3H3. The van der Waals surface area contributed by atoms with Gasteiger partial charge in [-0.1, -0.05) is 19.9 Å². The molecule has 0 aliphatic carbocycles. The van der Waals surface area contributed by atoms with Crippen molar-refractivity contribution in [2.45, 2.75) is 46.2 Å². The molecule has 2 nitrogen and oxygen atoms in total. The molecule has 1 aliphatic heterocycles. The van der Waals surface area contributed by atoms with Crippen LogP contribution in [-0.2, 0) is 6.54 Å². The number of halogens is 1. The molecular formula is C16H25FN2. The van der Waals surface area contributed by atoms with E-state index in [1.807, 2.05) is 12.1 Å². The van der Waals surface area contributed by atoms with E-state index in [9.17, 15) is 4.39 Å². The smallest absolute Gasteiger partial charge is 0.146 e. The molecule has 1 saturated heterocycles. The van der Waals surface area contributed by atoms with Gasteiger partial charge in [-0.25, -0.2) is 4.39 Å². The van der Waals surface area contributed by atoms with Crippen molar-refractivity contribution in [2.24, 2.45) is 5.92 Å². The van der Waals surface area contributed by atoms with Gasteiger partial charge in [0, 0.05) is 19.1 Å². The van der Waals surface area contributed by atoms with Crippen molar-refractivity contribution in [2.75, 3.05) is 18.0 Å². The Balaban J connectivity index is 2.15. The highest BCUT2D eigenvalue weighted by Gasteiger charge is 2.24. The minimum atomic E-state index is -0.0867. The SMILES string of the molecule is CCNCc1ccc(N2CC(C)CCC2C)c(F)c1. The Kier molecular flexibility index (Phi) is 4.81. The van der Waals surface area contributed by atoms with Crippen LogP contribution in [0, 0.1) is 11.7 Å². The van der Waals surface area contributed by atoms with Gasteiger partial charge in [-0.3, -0.25) is 0 Å². The highest BCUT2D eigenvalue weighted by Crippen LogP contribution is 2.29. The van der Waals surface area contributed by atoms with Gasteiger partial charge in [0.25, 0.3) is 0 Å². The van der Waals surface area contributed by atoms with Crippen molar-refractivity contribution in [1.82, 2.24) is 5.32 Å². The van der Waals surface area contributed by atoms with E-state index in [1.54, 1.807) is 6.07 Å². The van der Waals surface area contributed by atoms with E-state index in [0.717, 1.165) is 37.3 Å². The maximum atomic E-state index is 14.3. The summed E-state index contributed by atoms with van der Waals surface area (Å²) in [6.45, 7) is 9.10. The summed E-state index contributed by atoms with van der Waals surface area (Å²) in [4.78, 5) is 2.22. The summed E-state index contributed by atoms with van der Waals surface area (Å²) in [5.74, 6) is 0.563. The molecule has 1 fully saturated rings. The first kappa shape index (κ1) is 14.3. The lowest BCUT2D eigenvalue weighted by Crippen LogP contribution is -2.41. The van der Waals surface area contributed by atoms with E-state index in [1.165, 1.54) is 6.42 Å². The summed E-state index contributed by atoms with van der Waals surface area (Å²) in [6, 6.07) is 6.08. The third-order valence-electron chi connectivity index (χ3n) is 4.02. The Morgan fingerprint density at radius 1 is 1.32 bits per heavy atom. The topological polar surface area (TPSA) is 15.3 Å². The molecule has 1 heterocycles. The predicted octanol–water partition coefficient (Wildman–Crippen LogP) is 3.56. The van der Waals surface area contributed by atoms with Crippen molar-refractivity contribution >= 4 is 5.69 Å². The number of nitrogens with one attached hydrogen (secondary N) is 1. The van der Waals surface area contributed by atoms with Crippen LogP contribution in [0.2, 0.25) is 0 Å². The lowest BCUT2D eigenvalue weighted by atomic mass is 9.94.